The van der Waals surface area contributed by atoms with Crippen molar-refractivity contribution < 1.29 is 4.79 Å². The molecule has 144 valence electrons. The zero-order valence-electron chi connectivity index (χ0n) is 16.1. The van der Waals surface area contributed by atoms with Gasteiger partial charge in [0.15, 0.2) is 0 Å². The van der Waals surface area contributed by atoms with Gasteiger partial charge in [-0.2, -0.15) is 0 Å². The SMILES string of the molecule is CCNC(=O)c1cc(NCc2ccnc(N3CCN(CC)CC3)c2)ccn1. The minimum absolute atomic E-state index is 0.154. The van der Waals surface area contributed by atoms with Gasteiger partial charge in [0.25, 0.3) is 5.91 Å². The van der Waals surface area contributed by atoms with Crippen LogP contribution in [0.25, 0.3) is 0 Å². The topological polar surface area (TPSA) is 73.4 Å². The number of nitrogens with one attached hydrogen (secondary N) is 2. The van der Waals surface area contributed by atoms with E-state index in [-0.39, 0.29) is 5.91 Å². The largest absolute Gasteiger partial charge is 0.381 e. The summed E-state index contributed by atoms with van der Waals surface area (Å²) in [5.74, 6) is 0.876. The average Bonchev–Trinajstić information content (AvgIpc) is 2.73. The molecule has 0 atom stereocenters. The fourth-order valence-electron chi connectivity index (χ4n) is 3.16. The summed E-state index contributed by atoms with van der Waals surface area (Å²) in [5, 5.41) is 6.14. The number of hydrogen-bond acceptors (Lipinski definition) is 6. The second-order valence-electron chi connectivity index (χ2n) is 6.59. The van der Waals surface area contributed by atoms with E-state index < -0.39 is 0 Å². The summed E-state index contributed by atoms with van der Waals surface area (Å²) >= 11 is 0. The summed E-state index contributed by atoms with van der Waals surface area (Å²) in [7, 11) is 0. The molecule has 3 rings (SSSR count). The second kappa shape index (κ2) is 9.32. The van der Waals surface area contributed by atoms with Crippen LogP contribution in [0.3, 0.4) is 0 Å². The van der Waals surface area contributed by atoms with Crippen LogP contribution in [0.4, 0.5) is 11.5 Å². The highest BCUT2D eigenvalue weighted by atomic mass is 16.1. The van der Waals surface area contributed by atoms with Crippen LogP contribution in [-0.4, -0.2) is 60.0 Å². The highest BCUT2D eigenvalue weighted by Crippen LogP contribution is 2.16. The quantitative estimate of drug-likeness (QED) is 0.779. The number of piperazine rings is 1. The molecule has 0 spiro atoms. The molecule has 7 nitrogen and oxygen atoms in total. The van der Waals surface area contributed by atoms with Gasteiger partial charge in [-0.3, -0.25) is 9.78 Å². The highest BCUT2D eigenvalue weighted by molar-refractivity contribution is 5.93. The molecule has 2 aromatic heterocycles. The van der Waals surface area contributed by atoms with E-state index in [1.807, 2.05) is 25.3 Å². The number of hydrogen-bond donors (Lipinski definition) is 2. The van der Waals surface area contributed by atoms with Gasteiger partial charge in [0, 0.05) is 57.3 Å². The van der Waals surface area contributed by atoms with Crippen molar-refractivity contribution in [3.8, 4) is 0 Å². The fourth-order valence-corrected chi connectivity index (χ4v) is 3.16. The van der Waals surface area contributed by atoms with Gasteiger partial charge in [-0.05, 0) is 43.3 Å². The summed E-state index contributed by atoms with van der Waals surface area (Å²) in [6, 6.07) is 7.80. The van der Waals surface area contributed by atoms with Crippen molar-refractivity contribution in [2.45, 2.75) is 20.4 Å². The number of anilines is 2. The van der Waals surface area contributed by atoms with E-state index in [0.29, 0.717) is 18.8 Å². The maximum atomic E-state index is 11.9. The van der Waals surface area contributed by atoms with Crippen LogP contribution in [0.1, 0.15) is 29.9 Å². The van der Waals surface area contributed by atoms with Crippen LogP contribution in [0, 0.1) is 0 Å². The zero-order valence-corrected chi connectivity index (χ0v) is 16.1. The number of aromatic nitrogens is 2. The van der Waals surface area contributed by atoms with Gasteiger partial charge < -0.3 is 20.4 Å². The lowest BCUT2D eigenvalue weighted by Gasteiger charge is -2.34. The lowest BCUT2D eigenvalue weighted by molar-refractivity contribution is 0.0951. The molecule has 1 saturated heterocycles. The molecular weight excluding hydrogens is 340 g/mol. The van der Waals surface area contributed by atoms with E-state index >= 15 is 0 Å². The second-order valence-corrected chi connectivity index (χ2v) is 6.59. The Balaban J connectivity index is 1.60. The van der Waals surface area contributed by atoms with E-state index in [1.165, 1.54) is 0 Å². The maximum absolute atomic E-state index is 11.9. The first kappa shape index (κ1) is 19.1. The summed E-state index contributed by atoms with van der Waals surface area (Å²) in [5.41, 5.74) is 2.46. The van der Waals surface area contributed by atoms with E-state index in [4.69, 9.17) is 0 Å². The van der Waals surface area contributed by atoms with Gasteiger partial charge in [-0.25, -0.2) is 4.98 Å². The molecule has 2 N–H and O–H groups in total. The number of carbonyl (C=O) groups is 1. The molecule has 0 radical (unpaired) electrons. The third kappa shape index (κ3) is 5.17. The minimum Gasteiger partial charge on any atom is -0.381 e. The van der Waals surface area contributed by atoms with Crippen molar-refractivity contribution in [2.24, 2.45) is 0 Å². The Kier molecular flexibility index (Phi) is 6.59. The molecule has 0 unspecified atom stereocenters. The molecule has 1 aliphatic rings. The summed E-state index contributed by atoms with van der Waals surface area (Å²) in [4.78, 5) is 25.4. The Bertz CT molecular complexity index is 758. The Labute approximate surface area is 160 Å². The zero-order chi connectivity index (χ0) is 19.1. The van der Waals surface area contributed by atoms with E-state index in [9.17, 15) is 4.79 Å². The van der Waals surface area contributed by atoms with E-state index in [1.54, 1.807) is 12.3 Å². The fraction of sp³-hybridized carbons (Fsp3) is 0.450. The molecule has 1 amide bonds. The van der Waals surface area contributed by atoms with Gasteiger partial charge in [-0.1, -0.05) is 6.92 Å². The molecule has 1 fully saturated rings. The van der Waals surface area contributed by atoms with Gasteiger partial charge in [0.2, 0.25) is 0 Å². The predicted octanol–water partition coefficient (Wildman–Crippen LogP) is 1.98. The Morgan fingerprint density at radius 2 is 1.85 bits per heavy atom. The van der Waals surface area contributed by atoms with Crippen molar-refractivity contribution in [1.82, 2.24) is 20.2 Å². The van der Waals surface area contributed by atoms with Gasteiger partial charge in [0.1, 0.15) is 11.5 Å². The first-order valence-corrected chi connectivity index (χ1v) is 9.60. The first-order valence-electron chi connectivity index (χ1n) is 9.60. The molecule has 27 heavy (non-hydrogen) atoms. The Morgan fingerprint density at radius 1 is 1.07 bits per heavy atom. The van der Waals surface area contributed by atoms with Gasteiger partial charge >= 0.3 is 0 Å². The monoisotopic (exact) mass is 368 g/mol. The third-order valence-electron chi connectivity index (χ3n) is 4.78. The molecule has 0 saturated carbocycles. The van der Waals surface area contributed by atoms with Crippen LogP contribution in [-0.2, 0) is 6.54 Å². The minimum atomic E-state index is -0.154. The Hall–Kier alpha value is -2.67. The standard InChI is InChI=1S/C20H28N6O/c1-3-21-20(27)18-14-17(6-8-22-18)24-15-16-5-7-23-19(13-16)26-11-9-25(4-2)10-12-26/h5-8,13-14H,3-4,9-12,15H2,1-2H3,(H,21,27)(H,22,24). The number of nitrogens with zero attached hydrogens (tertiary/aromatic N) is 4. The van der Waals surface area contributed by atoms with Crippen molar-refractivity contribution in [3.63, 3.8) is 0 Å². The summed E-state index contributed by atoms with van der Waals surface area (Å²) in [6.45, 7) is 10.7. The lowest BCUT2D eigenvalue weighted by atomic mass is 10.2. The maximum Gasteiger partial charge on any atom is 0.269 e. The Morgan fingerprint density at radius 3 is 2.59 bits per heavy atom. The first-order chi connectivity index (χ1) is 13.2. The number of amides is 1. The average molecular weight is 368 g/mol. The molecule has 7 heteroatoms. The van der Waals surface area contributed by atoms with Crippen molar-refractivity contribution in [2.75, 3.05) is 49.5 Å². The number of likely N-dealkylation sites (N-methyl/N-ethyl adjacent to an activating group) is 1. The highest BCUT2D eigenvalue weighted by Gasteiger charge is 2.16. The van der Waals surface area contributed by atoms with Crippen molar-refractivity contribution >= 4 is 17.4 Å². The molecule has 0 aromatic carbocycles. The van der Waals surface area contributed by atoms with E-state index in [0.717, 1.165) is 49.8 Å². The third-order valence-corrected chi connectivity index (χ3v) is 4.78. The van der Waals surface area contributed by atoms with Crippen molar-refractivity contribution in [3.05, 3.63) is 47.9 Å². The number of carbonyl (C=O) groups excluding carboxylic acids is 1. The summed E-state index contributed by atoms with van der Waals surface area (Å²) < 4.78 is 0. The normalized spacial score (nSPS) is 14.8. The van der Waals surface area contributed by atoms with Crippen LogP contribution in [0.5, 0.6) is 0 Å². The molecule has 1 aliphatic heterocycles. The van der Waals surface area contributed by atoms with Crippen LogP contribution >= 0.6 is 0 Å². The van der Waals surface area contributed by atoms with Gasteiger partial charge in [0.05, 0.1) is 0 Å². The van der Waals surface area contributed by atoms with Crippen molar-refractivity contribution in [1.29, 1.82) is 0 Å². The van der Waals surface area contributed by atoms with Gasteiger partial charge in [-0.15, -0.1) is 0 Å². The van der Waals surface area contributed by atoms with Crippen LogP contribution < -0.4 is 15.5 Å². The molecule has 0 aliphatic carbocycles. The summed E-state index contributed by atoms with van der Waals surface area (Å²) in [6.07, 6.45) is 3.52. The predicted molar refractivity (Wildman–Crippen MR) is 108 cm³/mol. The van der Waals surface area contributed by atoms with Crippen LogP contribution in [0.2, 0.25) is 0 Å². The smallest absolute Gasteiger partial charge is 0.269 e. The number of rotatable bonds is 7. The molecule has 2 aromatic rings. The molecule has 0 bridgehead atoms. The number of pyridine rings is 2. The lowest BCUT2D eigenvalue weighted by Crippen LogP contribution is -2.46. The molecule has 3 heterocycles. The van der Waals surface area contributed by atoms with Crippen LogP contribution in [0.15, 0.2) is 36.7 Å². The van der Waals surface area contributed by atoms with E-state index in [2.05, 4.69) is 43.4 Å². The molecular formula is C20H28N6O.